The van der Waals surface area contributed by atoms with Crippen LogP contribution >= 0.6 is 0 Å². The number of fused-ring (bicyclic) bond motifs is 1. The zero-order chi connectivity index (χ0) is 13.4. The third-order valence-electron chi connectivity index (χ3n) is 3.17. The van der Waals surface area contributed by atoms with E-state index in [0.717, 1.165) is 11.3 Å². The van der Waals surface area contributed by atoms with Gasteiger partial charge in [-0.3, -0.25) is 9.59 Å². The molecule has 2 N–H and O–H groups in total. The number of amides is 2. The lowest BCUT2D eigenvalue weighted by Crippen LogP contribution is -2.32. The second-order valence-electron chi connectivity index (χ2n) is 4.68. The van der Waals surface area contributed by atoms with Crippen molar-refractivity contribution in [3.05, 3.63) is 23.8 Å². The Hall–Kier alpha value is -2.37. The second kappa shape index (κ2) is 4.38. The van der Waals surface area contributed by atoms with Crippen molar-refractivity contribution >= 4 is 23.2 Å². The highest BCUT2D eigenvalue weighted by Gasteiger charge is 2.23. The van der Waals surface area contributed by atoms with Crippen LogP contribution < -0.4 is 15.5 Å². The van der Waals surface area contributed by atoms with Crippen LogP contribution in [0.15, 0.2) is 23.3 Å². The van der Waals surface area contributed by atoms with Crippen molar-refractivity contribution in [1.82, 2.24) is 5.43 Å². The van der Waals surface area contributed by atoms with E-state index in [9.17, 15) is 9.59 Å². The Morgan fingerprint density at radius 1 is 1.32 bits per heavy atom. The van der Waals surface area contributed by atoms with Crippen LogP contribution in [0.25, 0.3) is 0 Å². The van der Waals surface area contributed by atoms with Gasteiger partial charge in [0.25, 0.3) is 5.91 Å². The molecule has 2 heterocycles. The molecule has 6 heteroatoms. The second-order valence-corrected chi connectivity index (χ2v) is 4.68. The normalized spacial score (nSPS) is 21.7. The highest BCUT2D eigenvalue weighted by Crippen LogP contribution is 2.30. The first kappa shape index (κ1) is 11.7. The number of ether oxygens (including phenoxy) is 1. The molecule has 1 aromatic rings. The fourth-order valence-corrected chi connectivity index (χ4v) is 2.24. The number of nitrogens with zero attached hydrogens (tertiary/aromatic N) is 1. The van der Waals surface area contributed by atoms with Gasteiger partial charge >= 0.3 is 0 Å². The first-order valence-corrected chi connectivity index (χ1v) is 6.07. The van der Waals surface area contributed by atoms with Crippen LogP contribution in [0.1, 0.15) is 18.9 Å². The highest BCUT2D eigenvalue weighted by molar-refractivity contribution is 6.06. The number of benzene rings is 1. The largest absolute Gasteiger partial charge is 0.482 e. The van der Waals surface area contributed by atoms with Gasteiger partial charge in [0.15, 0.2) is 6.61 Å². The monoisotopic (exact) mass is 259 g/mol. The van der Waals surface area contributed by atoms with Gasteiger partial charge in [-0.15, -0.1) is 0 Å². The minimum atomic E-state index is -0.157. The molecule has 0 spiro atoms. The van der Waals surface area contributed by atoms with E-state index >= 15 is 0 Å². The molecule has 0 saturated heterocycles. The van der Waals surface area contributed by atoms with Crippen LogP contribution in [-0.2, 0) is 9.59 Å². The van der Waals surface area contributed by atoms with Crippen molar-refractivity contribution < 1.29 is 14.3 Å². The van der Waals surface area contributed by atoms with E-state index in [2.05, 4.69) is 15.8 Å². The van der Waals surface area contributed by atoms with E-state index in [4.69, 9.17) is 4.74 Å². The molecular formula is C13H13N3O3. The maximum Gasteiger partial charge on any atom is 0.262 e. The van der Waals surface area contributed by atoms with Crippen molar-refractivity contribution in [3.63, 3.8) is 0 Å². The number of nitrogens with one attached hydrogen (secondary N) is 2. The molecule has 2 aliphatic rings. The molecule has 1 atom stereocenters. The van der Waals surface area contributed by atoms with Gasteiger partial charge in [0.05, 0.1) is 11.4 Å². The molecule has 0 aromatic heterocycles. The summed E-state index contributed by atoms with van der Waals surface area (Å²) in [5, 5.41) is 6.83. The molecule has 19 heavy (non-hydrogen) atoms. The zero-order valence-electron chi connectivity index (χ0n) is 10.4. The van der Waals surface area contributed by atoms with E-state index in [1.54, 1.807) is 6.07 Å². The van der Waals surface area contributed by atoms with Crippen LogP contribution in [0.2, 0.25) is 0 Å². The van der Waals surface area contributed by atoms with Gasteiger partial charge in [-0.05, 0) is 12.1 Å². The predicted molar refractivity (Wildman–Crippen MR) is 69.0 cm³/mol. The molecule has 2 aliphatic heterocycles. The number of carbonyl (C=O) groups excluding carboxylic acids is 2. The number of carbonyl (C=O) groups is 2. The van der Waals surface area contributed by atoms with Gasteiger partial charge in [-0.25, -0.2) is 5.43 Å². The van der Waals surface area contributed by atoms with Gasteiger partial charge in [0, 0.05) is 17.9 Å². The molecular weight excluding hydrogens is 246 g/mol. The summed E-state index contributed by atoms with van der Waals surface area (Å²) < 4.78 is 5.37. The molecule has 0 radical (unpaired) electrons. The quantitative estimate of drug-likeness (QED) is 0.785. The molecule has 6 nitrogen and oxygen atoms in total. The maximum atomic E-state index is 11.2. The van der Waals surface area contributed by atoms with E-state index in [1.165, 1.54) is 0 Å². The SMILES string of the molecule is CC1CC(=O)NN=C1c1ccc2c(c1)OCC(=O)N2. The molecule has 98 valence electrons. The summed E-state index contributed by atoms with van der Waals surface area (Å²) in [6.07, 6.45) is 0.424. The fraction of sp³-hybridized carbons (Fsp3) is 0.308. The smallest absolute Gasteiger partial charge is 0.262 e. The first-order valence-electron chi connectivity index (χ1n) is 6.07. The fourth-order valence-electron chi connectivity index (χ4n) is 2.24. The average molecular weight is 259 g/mol. The molecule has 1 unspecified atom stereocenters. The number of hydrazone groups is 1. The van der Waals surface area contributed by atoms with Crippen molar-refractivity contribution in [3.8, 4) is 5.75 Å². The summed E-state index contributed by atoms with van der Waals surface area (Å²) in [4.78, 5) is 22.4. The van der Waals surface area contributed by atoms with Crippen molar-refractivity contribution in [2.24, 2.45) is 11.0 Å². The van der Waals surface area contributed by atoms with Crippen molar-refractivity contribution in [2.75, 3.05) is 11.9 Å². The topological polar surface area (TPSA) is 79.8 Å². The summed E-state index contributed by atoms with van der Waals surface area (Å²) in [7, 11) is 0. The number of anilines is 1. The lowest BCUT2D eigenvalue weighted by molar-refractivity contribution is -0.122. The average Bonchev–Trinajstić information content (AvgIpc) is 2.38. The standard InChI is InChI=1S/C13H13N3O3/c1-7-4-11(17)15-16-13(7)8-2-3-9-10(5-8)19-6-12(18)14-9/h2-3,5,7H,4,6H2,1H3,(H,14,18)(H,15,17). The minimum Gasteiger partial charge on any atom is -0.482 e. The summed E-state index contributed by atoms with van der Waals surface area (Å²) in [5.41, 5.74) is 4.86. The molecule has 2 amide bonds. The molecule has 0 aliphatic carbocycles. The molecule has 3 rings (SSSR count). The van der Waals surface area contributed by atoms with Crippen molar-refractivity contribution in [1.29, 1.82) is 0 Å². The summed E-state index contributed by atoms with van der Waals surface area (Å²) >= 11 is 0. The van der Waals surface area contributed by atoms with E-state index < -0.39 is 0 Å². The van der Waals surface area contributed by atoms with Gasteiger partial charge in [-0.2, -0.15) is 5.10 Å². The summed E-state index contributed by atoms with van der Waals surface area (Å²) in [6, 6.07) is 5.48. The molecule has 1 aromatic carbocycles. The van der Waals surface area contributed by atoms with Gasteiger partial charge in [-0.1, -0.05) is 13.0 Å². The minimum absolute atomic E-state index is 0.0230. The van der Waals surface area contributed by atoms with Crippen LogP contribution in [0.4, 0.5) is 5.69 Å². The van der Waals surface area contributed by atoms with Crippen LogP contribution in [0.3, 0.4) is 0 Å². The third kappa shape index (κ3) is 2.16. The third-order valence-corrected chi connectivity index (χ3v) is 3.17. The van der Waals surface area contributed by atoms with E-state index in [0.29, 0.717) is 17.9 Å². The van der Waals surface area contributed by atoms with Crippen LogP contribution in [0.5, 0.6) is 5.75 Å². The number of hydrogen-bond acceptors (Lipinski definition) is 4. The van der Waals surface area contributed by atoms with Gasteiger partial charge < -0.3 is 10.1 Å². The Morgan fingerprint density at radius 2 is 2.16 bits per heavy atom. The number of hydrogen-bond donors (Lipinski definition) is 2. The van der Waals surface area contributed by atoms with Gasteiger partial charge in [0.1, 0.15) is 5.75 Å². The lowest BCUT2D eigenvalue weighted by Gasteiger charge is -2.22. The predicted octanol–water partition coefficient (Wildman–Crippen LogP) is 0.878. The Bertz CT molecular complexity index is 595. The Morgan fingerprint density at radius 3 is 2.95 bits per heavy atom. The Labute approximate surface area is 109 Å². The zero-order valence-corrected chi connectivity index (χ0v) is 10.4. The Balaban J connectivity index is 1.94. The maximum absolute atomic E-state index is 11.2. The van der Waals surface area contributed by atoms with Crippen LogP contribution in [-0.4, -0.2) is 24.1 Å². The Kier molecular flexibility index (Phi) is 2.70. The summed E-state index contributed by atoms with van der Waals surface area (Å²) in [6.45, 7) is 1.98. The highest BCUT2D eigenvalue weighted by atomic mass is 16.5. The van der Waals surface area contributed by atoms with Crippen molar-refractivity contribution in [2.45, 2.75) is 13.3 Å². The molecule has 0 saturated carbocycles. The first-order chi connectivity index (χ1) is 9.13. The van der Waals surface area contributed by atoms with Crippen LogP contribution in [0, 0.1) is 5.92 Å². The van der Waals surface area contributed by atoms with Gasteiger partial charge in [0.2, 0.25) is 5.91 Å². The van der Waals surface area contributed by atoms with E-state index in [-0.39, 0.29) is 24.3 Å². The molecule has 0 fully saturated rings. The van der Waals surface area contributed by atoms with E-state index in [1.807, 2.05) is 19.1 Å². The summed E-state index contributed by atoms with van der Waals surface area (Å²) in [5.74, 6) is 0.461. The molecule has 0 bridgehead atoms. The number of rotatable bonds is 1. The lowest BCUT2D eigenvalue weighted by atomic mass is 9.94.